The molecule has 0 bridgehead atoms. The standard InChI is InChI=1S/C13H19N3/c1-9-7-16(12(4)11(9)3)8-13-6-10(2)14-15(13)5/h6-7H,8H2,1-5H3. The van der Waals surface area contributed by atoms with Crippen LogP contribution in [0.5, 0.6) is 0 Å². The van der Waals surface area contributed by atoms with Crippen molar-refractivity contribution in [1.29, 1.82) is 0 Å². The molecule has 0 saturated carbocycles. The van der Waals surface area contributed by atoms with Crippen molar-refractivity contribution < 1.29 is 0 Å². The Labute approximate surface area is 96.7 Å². The summed E-state index contributed by atoms with van der Waals surface area (Å²) in [7, 11) is 2.00. The molecular weight excluding hydrogens is 198 g/mol. The second-order valence-corrected chi connectivity index (χ2v) is 4.55. The third-order valence-electron chi connectivity index (χ3n) is 3.35. The molecule has 0 radical (unpaired) electrons. The van der Waals surface area contributed by atoms with E-state index in [1.807, 2.05) is 18.7 Å². The minimum atomic E-state index is 0.901. The van der Waals surface area contributed by atoms with Gasteiger partial charge in [-0.25, -0.2) is 0 Å². The third kappa shape index (κ3) is 1.77. The van der Waals surface area contributed by atoms with Crippen molar-refractivity contribution in [2.24, 2.45) is 7.05 Å². The molecule has 0 atom stereocenters. The Hall–Kier alpha value is -1.51. The van der Waals surface area contributed by atoms with Crippen LogP contribution in [0.25, 0.3) is 0 Å². The van der Waals surface area contributed by atoms with Gasteiger partial charge >= 0.3 is 0 Å². The van der Waals surface area contributed by atoms with E-state index < -0.39 is 0 Å². The molecule has 0 fully saturated rings. The first-order valence-electron chi connectivity index (χ1n) is 5.61. The Balaban J connectivity index is 2.34. The zero-order valence-corrected chi connectivity index (χ0v) is 10.7. The predicted octanol–water partition coefficient (Wildman–Crippen LogP) is 2.50. The third-order valence-corrected chi connectivity index (χ3v) is 3.35. The molecule has 0 aliphatic heterocycles. The Kier molecular flexibility index (Phi) is 2.62. The van der Waals surface area contributed by atoms with E-state index in [-0.39, 0.29) is 0 Å². The maximum Gasteiger partial charge on any atom is 0.0642 e. The molecule has 2 heterocycles. The molecule has 2 aromatic heterocycles. The highest BCUT2D eigenvalue weighted by Crippen LogP contribution is 2.16. The van der Waals surface area contributed by atoms with Gasteiger partial charge in [-0.2, -0.15) is 5.10 Å². The molecule has 3 heteroatoms. The number of hydrogen-bond acceptors (Lipinski definition) is 1. The summed E-state index contributed by atoms with van der Waals surface area (Å²) in [5.74, 6) is 0. The molecule has 3 nitrogen and oxygen atoms in total. The molecule has 0 unspecified atom stereocenters. The summed E-state index contributed by atoms with van der Waals surface area (Å²) in [6, 6.07) is 2.14. The van der Waals surface area contributed by atoms with Crippen LogP contribution in [0.3, 0.4) is 0 Å². The first-order valence-corrected chi connectivity index (χ1v) is 5.61. The molecule has 86 valence electrons. The Morgan fingerprint density at radius 1 is 1.19 bits per heavy atom. The van der Waals surface area contributed by atoms with Crippen molar-refractivity contribution >= 4 is 0 Å². The number of nitrogens with zero attached hydrogens (tertiary/aromatic N) is 3. The van der Waals surface area contributed by atoms with Gasteiger partial charge in [0.1, 0.15) is 0 Å². The van der Waals surface area contributed by atoms with Gasteiger partial charge in [0.05, 0.1) is 17.9 Å². The maximum absolute atomic E-state index is 4.37. The highest BCUT2D eigenvalue weighted by Gasteiger charge is 2.08. The highest BCUT2D eigenvalue weighted by atomic mass is 15.3. The average Bonchev–Trinajstić information content (AvgIpc) is 2.64. The lowest BCUT2D eigenvalue weighted by Crippen LogP contribution is -2.06. The van der Waals surface area contributed by atoms with Crippen LogP contribution in [0.1, 0.15) is 28.2 Å². The van der Waals surface area contributed by atoms with Gasteiger partial charge in [-0.05, 0) is 44.9 Å². The van der Waals surface area contributed by atoms with Gasteiger partial charge in [-0.15, -0.1) is 0 Å². The van der Waals surface area contributed by atoms with E-state index >= 15 is 0 Å². The second kappa shape index (κ2) is 3.81. The minimum absolute atomic E-state index is 0.901. The zero-order valence-electron chi connectivity index (χ0n) is 10.7. The molecule has 0 spiro atoms. The van der Waals surface area contributed by atoms with Gasteiger partial charge in [-0.3, -0.25) is 4.68 Å². The minimum Gasteiger partial charge on any atom is -0.345 e. The van der Waals surface area contributed by atoms with Crippen molar-refractivity contribution in [2.75, 3.05) is 0 Å². The van der Waals surface area contributed by atoms with E-state index in [0.717, 1.165) is 12.2 Å². The normalized spacial score (nSPS) is 11.1. The first kappa shape index (κ1) is 11.0. The van der Waals surface area contributed by atoms with Crippen LogP contribution in [0, 0.1) is 27.7 Å². The summed E-state index contributed by atoms with van der Waals surface area (Å²) in [5, 5.41) is 4.37. The molecule has 0 amide bonds. The maximum atomic E-state index is 4.37. The smallest absolute Gasteiger partial charge is 0.0642 e. The van der Waals surface area contributed by atoms with Gasteiger partial charge in [0, 0.05) is 18.9 Å². The summed E-state index contributed by atoms with van der Waals surface area (Å²) in [5.41, 5.74) is 6.41. The van der Waals surface area contributed by atoms with E-state index in [4.69, 9.17) is 0 Å². The van der Waals surface area contributed by atoms with Crippen molar-refractivity contribution in [3.05, 3.63) is 40.5 Å². The summed E-state index contributed by atoms with van der Waals surface area (Å²) in [6.07, 6.45) is 2.22. The fourth-order valence-corrected chi connectivity index (χ4v) is 2.08. The van der Waals surface area contributed by atoms with Crippen LogP contribution in [-0.2, 0) is 13.6 Å². The molecule has 0 aliphatic rings. The van der Waals surface area contributed by atoms with Crippen LogP contribution in [0.2, 0.25) is 0 Å². The van der Waals surface area contributed by atoms with Gasteiger partial charge < -0.3 is 4.57 Å². The number of aromatic nitrogens is 3. The molecule has 0 aromatic carbocycles. The number of hydrogen-bond donors (Lipinski definition) is 0. The second-order valence-electron chi connectivity index (χ2n) is 4.55. The predicted molar refractivity (Wildman–Crippen MR) is 65.7 cm³/mol. The molecule has 16 heavy (non-hydrogen) atoms. The van der Waals surface area contributed by atoms with E-state index in [1.165, 1.54) is 22.5 Å². The molecule has 0 N–H and O–H groups in total. The summed E-state index contributed by atoms with van der Waals surface area (Å²) in [4.78, 5) is 0. The Bertz CT molecular complexity index is 518. The Morgan fingerprint density at radius 3 is 2.31 bits per heavy atom. The summed E-state index contributed by atoms with van der Waals surface area (Å²) >= 11 is 0. The van der Waals surface area contributed by atoms with E-state index in [2.05, 4.69) is 42.7 Å². The number of rotatable bonds is 2. The van der Waals surface area contributed by atoms with Crippen molar-refractivity contribution in [1.82, 2.24) is 14.3 Å². The highest BCUT2D eigenvalue weighted by molar-refractivity contribution is 5.29. The first-order chi connectivity index (χ1) is 7.49. The fraction of sp³-hybridized carbons (Fsp3) is 0.462. The van der Waals surface area contributed by atoms with Gasteiger partial charge in [0.25, 0.3) is 0 Å². The van der Waals surface area contributed by atoms with Crippen LogP contribution >= 0.6 is 0 Å². The van der Waals surface area contributed by atoms with Crippen LogP contribution < -0.4 is 0 Å². The van der Waals surface area contributed by atoms with Crippen LogP contribution in [-0.4, -0.2) is 14.3 Å². The molecule has 0 saturated heterocycles. The van der Waals surface area contributed by atoms with E-state index in [0.29, 0.717) is 0 Å². The number of aryl methyl sites for hydroxylation is 3. The van der Waals surface area contributed by atoms with E-state index in [1.54, 1.807) is 0 Å². The van der Waals surface area contributed by atoms with Crippen molar-refractivity contribution in [3.63, 3.8) is 0 Å². The largest absolute Gasteiger partial charge is 0.345 e. The average molecular weight is 217 g/mol. The molecular formula is C13H19N3. The van der Waals surface area contributed by atoms with E-state index in [9.17, 15) is 0 Å². The van der Waals surface area contributed by atoms with Gasteiger partial charge in [0.15, 0.2) is 0 Å². The quantitative estimate of drug-likeness (QED) is 0.758. The van der Waals surface area contributed by atoms with Gasteiger partial charge in [-0.1, -0.05) is 0 Å². The van der Waals surface area contributed by atoms with Gasteiger partial charge in [0.2, 0.25) is 0 Å². The molecule has 2 aromatic rings. The Morgan fingerprint density at radius 2 is 1.88 bits per heavy atom. The summed E-state index contributed by atoms with van der Waals surface area (Å²) in [6.45, 7) is 9.44. The monoisotopic (exact) mass is 217 g/mol. The topological polar surface area (TPSA) is 22.8 Å². The van der Waals surface area contributed by atoms with Crippen LogP contribution in [0.4, 0.5) is 0 Å². The zero-order chi connectivity index (χ0) is 11.9. The van der Waals surface area contributed by atoms with Crippen LogP contribution in [0.15, 0.2) is 12.3 Å². The lowest BCUT2D eigenvalue weighted by Gasteiger charge is -2.06. The lowest BCUT2D eigenvalue weighted by atomic mass is 10.2. The summed E-state index contributed by atoms with van der Waals surface area (Å²) < 4.78 is 4.25. The SMILES string of the molecule is Cc1cc(Cn2cc(C)c(C)c2C)n(C)n1. The van der Waals surface area contributed by atoms with Crippen molar-refractivity contribution in [3.8, 4) is 0 Å². The fourth-order valence-electron chi connectivity index (χ4n) is 2.08. The molecule has 0 aliphatic carbocycles. The van der Waals surface area contributed by atoms with Crippen molar-refractivity contribution in [2.45, 2.75) is 34.2 Å². The lowest BCUT2D eigenvalue weighted by molar-refractivity contribution is 0.656. The molecule has 2 rings (SSSR count).